The Hall–Kier alpha value is -4.94. The molecular formula is C39H26. The van der Waals surface area contributed by atoms with Crippen LogP contribution >= 0.6 is 0 Å². The third-order valence-corrected chi connectivity index (χ3v) is 8.56. The number of rotatable bonds is 3. The molecule has 1 aliphatic rings. The molecule has 0 spiro atoms. The van der Waals surface area contributed by atoms with E-state index < -0.39 is 0 Å². The molecule has 0 radical (unpaired) electrons. The van der Waals surface area contributed by atoms with Crippen molar-refractivity contribution in [1.82, 2.24) is 0 Å². The van der Waals surface area contributed by atoms with Crippen LogP contribution in [0.4, 0.5) is 0 Å². The molecule has 0 aliphatic heterocycles. The summed E-state index contributed by atoms with van der Waals surface area (Å²) in [5.41, 5.74) is 10.1. The SMILES string of the molecule is c1ccc(C2(c3ccc(-c4cc5ccccc5c5ccccc45)cc3)c3ccccc3-c3ccccc32)cc1. The van der Waals surface area contributed by atoms with E-state index in [1.54, 1.807) is 0 Å². The normalized spacial score (nSPS) is 13.3. The summed E-state index contributed by atoms with van der Waals surface area (Å²) in [5, 5.41) is 5.16. The van der Waals surface area contributed by atoms with Crippen LogP contribution in [-0.2, 0) is 5.41 Å². The molecule has 182 valence electrons. The van der Waals surface area contributed by atoms with Crippen molar-refractivity contribution >= 4 is 21.5 Å². The Balaban J connectivity index is 1.38. The van der Waals surface area contributed by atoms with Gasteiger partial charge in [0.05, 0.1) is 5.41 Å². The fourth-order valence-corrected chi connectivity index (χ4v) is 6.90. The lowest BCUT2D eigenvalue weighted by molar-refractivity contribution is 0.768. The van der Waals surface area contributed by atoms with Crippen LogP contribution in [-0.4, -0.2) is 0 Å². The second-order valence-corrected chi connectivity index (χ2v) is 10.5. The van der Waals surface area contributed by atoms with Gasteiger partial charge in [-0.05, 0) is 72.1 Å². The van der Waals surface area contributed by atoms with Gasteiger partial charge in [0.15, 0.2) is 0 Å². The summed E-state index contributed by atoms with van der Waals surface area (Å²) in [4.78, 5) is 0. The lowest BCUT2D eigenvalue weighted by Crippen LogP contribution is -2.28. The Morgan fingerprint density at radius 1 is 0.333 bits per heavy atom. The van der Waals surface area contributed by atoms with Gasteiger partial charge in [0.2, 0.25) is 0 Å². The number of hydrogen-bond donors (Lipinski definition) is 0. The Kier molecular flexibility index (Phi) is 4.84. The van der Waals surface area contributed by atoms with Gasteiger partial charge in [0, 0.05) is 0 Å². The van der Waals surface area contributed by atoms with Crippen molar-refractivity contribution < 1.29 is 0 Å². The molecule has 0 bridgehead atoms. The molecular weight excluding hydrogens is 468 g/mol. The van der Waals surface area contributed by atoms with Crippen molar-refractivity contribution in [3.8, 4) is 22.3 Å². The summed E-state index contributed by atoms with van der Waals surface area (Å²) in [5.74, 6) is 0. The molecule has 0 atom stereocenters. The first kappa shape index (κ1) is 22.1. The topological polar surface area (TPSA) is 0 Å². The maximum Gasteiger partial charge on any atom is 0.0713 e. The van der Waals surface area contributed by atoms with E-state index in [9.17, 15) is 0 Å². The average molecular weight is 495 g/mol. The predicted octanol–water partition coefficient (Wildman–Crippen LogP) is 10.0. The molecule has 0 heterocycles. The summed E-state index contributed by atoms with van der Waals surface area (Å²) >= 11 is 0. The molecule has 0 amide bonds. The van der Waals surface area contributed by atoms with Gasteiger partial charge >= 0.3 is 0 Å². The van der Waals surface area contributed by atoms with Gasteiger partial charge in [0.25, 0.3) is 0 Å². The van der Waals surface area contributed by atoms with Gasteiger partial charge in [-0.25, -0.2) is 0 Å². The second kappa shape index (κ2) is 8.55. The van der Waals surface area contributed by atoms with Crippen LogP contribution in [0.1, 0.15) is 22.3 Å². The van der Waals surface area contributed by atoms with Crippen LogP contribution in [0, 0.1) is 0 Å². The lowest BCUT2D eigenvalue weighted by Gasteiger charge is -2.34. The molecule has 0 unspecified atom stereocenters. The molecule has 8 rings (SSSR count). The first-order valence-corrected chi connectivity index (χ1v) is 13.6. The van der Waals surface area contributed by atoms with Gasteiger partial charge in [-0.1, -0.05) is 152 Å². The van der Waals surface area contributed by atoms with E-state index in [4.69, 9.17) is 0 Å². The highest BCUT2D eigenvalue weighted by molar-refractivity contribution is 6.13. The third kappa shape index (κ3) is 3.12. The highest BCUT2D eigenvalue weighted by Crippen LogP contribution is 2.56. The first-order chi connectivity index (χ1) is 19.4. The van der Waals surface area contributed by atoms with Crippen LogP contribution in [0.2, 0.25) is 0 Å². The van der Waals surface area contributed by atoms with E-state index >= 15 is 0 Å². The Morgan fingerprint density at radius 2 is 0.846 bits per heavy atom. The van der Waals surface area contributed by atoms with Crippen molar-refractivity contribution in [2.45, 2.75) is 5.41 Å². The quantitative estimate of drug-likeness (QED) is 0.214. The maximum atomic E-state index is 2.35. The standard InChI is InChI=1S/C39H26/c1-2-13-29(14-3-1)39(37-20-10-8-18-34(37)35-19-9-11-21-38(35)39)30-24-22-27(23-25-30)36-26-28-12-4-5-15-31(28)32-16-6-7-17-33(32)36/h1-26H. The summed E-state index contributed by atoms with van der Waals surface area (Å²) in [6.45, 7) is 0. The Labute approximate surface area is 228 Å². The van der Waals surface area contributed by atoms with Crippen molar-refractivity contribution in [2.75, 3.05) is 0 Å². The van der Waals surface area contributed by atoms with Gasteiger partial charge < -0.3 is 0 Å². The maximum absolute atomic E-state index is 2.35. The Bertz CT molecular complexity index is 1950. The van der Waals surface area contributed by atoms with E-state index in [-0.39, 0.29) is 5.41 Å². The highest BCUT2D eigenvalue weighted by Gasteiger charge is 2.45. The Morgan fingerprint density at radius 3 is 1.54 bits per heavy atom. The van der Waals surface area contributed by atoms with Gasteiger partial charge in [0.1, 0.15) is 0 Å². The number of benzene rings is 7. The van der Waals surface area contributed by atoms with E-state index in [1.807, 2.05) is 0 Å². The highest BCUT2D eigenvalue weighted by atomic mass is 14.5. The number of fused-ring (bicyclic) bond motifs is 6. The zero-order valence-corrected chi connectivity index (χ0v) is 21.5. The summed E-state index contributed by atoms with van der Waals surface area (Å²) in [6, 6.07) is 58.0. The largest absolute Gasteiger partial charge is 0.0713 e. The van der Waals surface area contributed by atoms with Crippen molar-refractivity contribution in [1.29, 1.82) is 0 Å². The summed E-state index contributed by atoms with van der Waals surface area (Å²) < 4.78 is 0. The van der Waals surface area contributed by atoms with Crippen LogP contribution in [0.25, 0.3) is 43.8 Å². The third-order valence-electron chi connectivity index (χ3n) is 8.56. The van der Waals surface area contributed by atoms with E-state index in [1.165, 1.54) is 66.1 Å². The zero-order chi connectivity index (χ0) is 25.8. The van der Waals surface area contributed by atoms with Gasteiger partial charge in [-0.2, -0.15) is 0 Å². The summed E-state index contributed by atoms with van der Waals surface area (Å²) in [7, 11) is 0. The van der Waals surface area contributed by atoms with E-state index in [0.29, 0.717) is 0 Å². The average Bonchev–Trinajstić information content (AvgIpc) is 3.32. The smallest absolute Gasteiger partial charge is 0.0622 e. The first-order valence-electron chi connectivity index (χ1n) is 13.6. The molecule has 0 N–H and O–H groups in total. The molecule has 0 nitrogen and oxygen atoms in total. The predicted molar refractivity (Wildman–Crippen MR) is 164 cm³/mol. The molecule has 0 saturated heterocycles. The summed E-state index contributed by atoms with van der Waals surface area (Å²) in [6.07, 6.45) is 0. The molecule has 7 aromatic rings. The fraction of sp³-hybridized carbons (Fsp3) is 0.0256. The molecule has 0 heteroatoms. The minimum atomic E-state index is -0.363. The van der Waals surface area contributed by atoms with Crippen molar-refractivity contribution in [3.05, 3.63) is 180 Å². The zero-order valence-electron chi connectivity index (χ0n) is 21.5. The lowest BCUT2D eigenvalue weighted by atomic mass is 9.67. The minimum absolute atomic E-state index is 0.363. The fourth-order valence-electron chi connectivity index (χ4n) is 6.90. The molecule has 0 saturated carbocycles. The van der Waals surface area contributed by atoms with Crippen LogP contribution in [0.3, 0.4) is 0 Å². The molecule has 1 aliphatic carbocycles. The van der Waals surface area contributed by atoms with Crippen molar-refractivity contribution in [2.24, 2.45) is 0 Å². The molecule has 7 aromatic carbocycles. The van der Waals surface area contributed by atoms with Gasteiger partial charge in [-0.15, -0.1) is 0 Å². The van der Waals surface area contributed by atoms with Crippen LogP contribution < -0.4 is 0 Å². The molecule has 39 heavy (non-hydrogen) atoms. The number of hydrogen-bond acceptors (Lipinski definition) is 0. The van der Waals surface area contributed by atoms with E-state index in [2.05, 4.69) is 158 Å². The monoisotopic (exact) mass is 494 g/mol. The molecule has 0 fully saturated rings. The molecule has 0 aromatic heterocycles. The second-order valence-electron chi connectivity index (χ2n) is 10.5. The van der Waals surface area contributed by atoms with Gasteiger partial charge in [-0.3, -0.25) is 0 Å². The minimum Gasteiger partial charge on any atom is -0.0622 e. The van der Waals surface area contributed by atoms with Crippen LogP contribution in [0.5, 0.6) is 0 Å². The van der Waals surface area contributed by atoms with E-state index in [0.717, 1.165) is 0 Å². The van der Waals surface area contributed by atoms with Crippen LogP contribution in [0.15, 0.2) is 158 Å². The van der Waals surface area contributed by atoms with Crippen molar-refractivity contribution in [3.63, 3.8) is 0 Å².